The molecule has 3 aliphatic rings. The number of likely N-dealkylation sites (N-methyl/N-ethyl adjacent to an activating group) is 1. The van der Waals surface area contributed by atoms with E-state index < -0.39 is 58.7 Å². The van der Waals surface area contributed by atoms with Gasteiger partial charge in [0, 0.05) is 48.6 Å². The van der Waals surface area contributed by atoms with Gasteiger partial charge in [0.25, 0.3) is 0 Å². The molecule has 0 heterocycles. The molecule has 3 aliphatic carbocycles. The highest BCUT2D eigenvalue weighted by Gasteiger charge is 2.67. The van der Waals surface area contributed by atoms with Gasteiger partial charge >= 0.3 is 0 Å². The molecule has 2 unspecified atom stereocenters. The number of nitrogens with zero attached hydrogens (tertiary/aromatic N) is 2. The molecule has 8 N–H and O–H groups in total. The van der Waals surface area contributed by atoms with Gasteiger partial charge in [-0.25, -0.2) is 0 Å². The Balaban J connectivity index is 1.69. The number of aliphatic hydroxyl groups is 3. The van der Waals surface area contributed by atoms with Crippen molar-refractivity contribution in [2.75, 3.05) is 38.8 Å². The second kappa shape index (κ2) is 10.2. The lowest BCUT2D eigenvalue weighted by molar-refractivity contribution is -0.184. The van der Waals surface area contributed by atoms with E-state index in [2.05, 4.69) is 11.8 Å². The van der Waals surface area contributed by atoms with Crippen LogP contribution in [0.15, 0.2) is 35.9 Å². The van der Waals surface area contributed by atoms with E-state index in [-0.39, 0.29) is 35.3 Å². The van der Waals surface area contributed by atoms with Gasteiger partial charge in [-0.15, -0.1) is 0 Å². The third-order valence-electron chi connectivity index (χ3n) is 8.80. The number of carbonyl (C=O) groups is 3. The molecule has 0 radical (unpaired) electrons. The highest BCUT2D eigenvalue weighted by atomic mass is 16.3. The molecule has 2 aromatic carbocycles. The zero-order chi connectivity index (χ0) is 30.8. The third-order valence-corrected chi connectivity index (χ3v) is 8.80. The van der Waals surface area contributed by atoms with Crippen molar-refractivity contribution in [3.8, 4) is 17.6 Å². The van der Waals surface area contributed by atoms with E-state index in [4.69, 9.17) is 11.5 Å². The predicted octanol–water partition coefficient (Wildman–Crippen LogP) is 0.177. The van der Waals surface area contributed by atoms with Crippen LogP contribution in [0, 0.1) is 29.6 Å². The number of phenols is 1. The van der Waals surface area contributed by atoms with Gasteiger partial charge in [-0.1, -0.05) is 11.8 Å². The first-order valence-corrected chi connectivity index (χ1v) is 13.5. The van der Waals surface area contributed by atoms with Crippen molar-refractivity contribution in [1.82, 2.24) is 4.90 Å². The molecule has 0 aliphatic heterocycles. The summed E-state index contributed by atoms with van der Waals surface area (Å²) in [6.07, 6.45) is -1.30. The lowest BCUT2D eigenvalue weighted by Crippen LogP contribution is -2.73. The highest BCUT2D eigenvalue weighted by Crippen LogP contribution is 2.53. The first-order chi connectivity index (χ1) is 19.7. The van der Waals surface area contributed by atoms with Crippen LogP contribution in [0.3, 0.4) is 0 Å². The minimum absolute atomic E-state index is 0.0108. The fourth-order valence-electron chi connectivity index (χ4n) is 6.85. The molecule has 0 bridgehead atoms. The fourth-order valence-corrected chi connectivity index (χ4v) is 6.85. The van der Waals surface area contributed by atoms with Gasteiger partial charge in [0.05, 0.1) is 17.2 Å². The minimum atomic E-state index is -2.71. The number of hydrogen-bond acceptors (Lipinski definition) is 10. The number of primary amides is 1. The van der Waals surface area contributed by atoms with Crippen LogP contribution in [0.5, 0.6) is 5.75 Å². The lowest BCUT2D eigenvalue weighted by atomic mass is 9.54. The average molecular weight is 575 g/mol. The van der Waals surface area contributed by atoms with Crippen LogP contribution >= 0.6 is 0 Å². The average Bonchev–Trinajstić information content (AvgIpc) is 2.90. The first-order valence-electron chi connectivity index (χ1n) is 13.5. The Morgan fingerprint density at radius 1 is 1.07 bits per heavy atom. The summed E-state index contributed by atoms with van der Waals surface area (Å²) in [5, 5.41) is 45.7. The Morgan fingerprint density at radius 3 is 2.29 bits per heavy atom. The van der Waals surface area contributed by atoms with Gasteiger partial charge < -0.3 is 41.7 Å². The van der Waals surface area contributed by atoms with Crippen LogP contribution in [-0.2, 0) is 20.8 Å². The highest BCUT2D eigenvalue weighted by molar-refractivity contribution is 6.25. The molecular weight excluding hydrogens is 540 g/mol. The fraction of sp³-hybridized carbons (Fsp3) is 0.387. The number of rotatable bonds is 3. The Hall–Kier alpha value is -4.37. The number of fused-ring (bicyclic) bond motifs is 3. The van der Waals surface area contributed by atoms with E-state index in [1.807, 2.05) is 0 Å². The Morgan fingerprint density at radius 2 is 1.71 bits per heavy atom. The maximum Gasteiger partial charge on any atom is 0.230 e. The third kappa shape index (κ3) is 4.22. The van der Waals surface area contributed by atoms with Crippen molar-refractivity contribution in [2.45, 2.75) is 30.6 Å². The second-order valence-electron chi connectivity index (χ2n) is 11.7. The number of amides is 1. The lowest BCUT2D eigenvalue weighted by Gasteiger charge is -2.53. The van der Waals surface area contributed by atoms with Crippen molar-refractivity contribution in [3.05, 3.63) is 58.2 Å². The predicted molar refractivity (Wildman–Crippen MR) is 155 cm³/mol. The van der Waals surface area contributed by atoms with Crippen LogP contribution in [0.4, 0.5) is 11.4 Å². The van der Waals surface area contributed by atoms with Crippen LogP contribution in [0.1, 0.15) is 28.7 Å². The van der Waals surface area contributed by atoms with Gasteiger partial charge in [-0.2, -0.15) is 0 Å². The van der Waals surface area contributed by atoms with E-state index in [0.717, 1.165) is 0 Å². The SMILES string of the molecule is CN(C)c1cc(C#Cc2ccc(N)cc2)c(O)c2c1C[C@@H]1C[C@@H]3[C@@H](N(C)C)C(O)C(C(N)=O)C(=O)[C@]3(O)C(=O)C1=C2O. The Labute approximate surface area is 243 Å². The second-order valence-corrected chi connectivity index (χ2v) is 11.7. The molecule has 11 nitrogen and oxygen atoms in total. The molecule has 6 atom stereocenters. The minimum Gasteiger partial charge on any atom is -0.507 e. The Bertz CT molecular complexity index is 1600. The summed E-state index contributed by atoms with van der Waals surface area (Å²) >= 11 is 0. The Kier molecular flexibility index (Phi) is 7.05. The van der Waals surface area contributed by atoms with Gasteiger partial charge in [0.1, 0.15) is 17.4 Å². The van der Waals surface area contributed by atoms with Gasteiger partial charge in [-0.3, -0.25) is 14.4 Å². The number of phenolic OH excluding ortho intramolecular Hbond substituents is 1. The number of aromatic hydroxyl groups is 1. The smallest absolute Gasteiger partial charge is 0.230 e. The van der Waals surface area contributed by atoms with E-state index in [9.17, 15) is 34.8 Å². The summed E-state index contributed by atoms with van der Waals surface area (Å²) in [5.41, 5.74) is 10.9. The van der Waals surface area contributed by atoms with Crippen molar-refractivity contribution in [2.24, 2.45) is 23.5 Å². The molecule has 11 heteroatoms. The standard InChI is InChI=1S/C31H34N4O7/c1-34(2)20-13-15(8-5-14-6-9-17(32)10-7-14)25(36)22-18(20)11-16-12-19-24(35(3)4)27(38)23(30(33)41)29(40)31(19,42)28(39)21(16)26(22)37/h6-7,9-10,13,16,19,23-24,27,36-38,42H,11-12,32H2,1-4H3,(H2,33,41)/t16-,19-,23?,24-,27?,31-/m1/s1. The summed E-state index contributed by atoms with van der Waals surface area (Å²) in [7, 11) is 6.82. The number of Topliss-reactive ketones (excluding diaryl/α,β-unsaturated/α-hetero) is 2. The number of benzene rings is 2. The van der Waals surface area contributed by atoms with Crippen LogP contribution in [-0.4, -0.2) is 88.7 Å². The largest absolute Gasteiger partial charge is 0.507 e. The first kappa shape index (κ1) is 29.1. The molecule has 5 rings (SSSR count). The normalized spacial score (nSPS) is 28.4. The topological polar surface area (TPSA) is 191 Å². The molecule has 2 fully saturated rings. The zero-order valence-corrected chi connectivity index (χ0v) is 23.8. The molecule has 220 valence electrons. The van der Waals surface area contributed by atoms with E-state index in [1.54, 1.807) is 68.3 Å². The van der Waals surface area contributed by atoms with Crippen molar-refractivity contribution in [1.29, 1.82) is 0 Å². The van der Waals surface area contributed by atoms with E-state index >= 15 is 0 Å². The van der Waals surface area contributed by atoms with Crippen LogP contribution in [0.25, 0.3) is 5.76 Å². The number of carbonyl (C=O) groups excluding carboxylic acids is 3. The van der Waals surface area contributed by atoms with Crippen LogP contribution in [0.2, 0.25) is 0 Å². The van der Waals surface area contributed by atoms with E-state index in [0.29, 0.717) is 22.5 Å². The molecule has 1 amide bonds. The maximum absolute atomic E-state index is 14.1. The summed E-state index contributed by atoms with van der Waals surface area (Å²) in [4.78, 5) is 43.2. The molecule has 42 heavy (non-hydrogen) atoms. The number of hydrogen-bond donors (Lipinski definition) is 6. The molecule has 2 saturated carbocycles. The molecule has 0 spiro atoms. The van der Waals surface area contributed by atoms with Crippen molar-refractivity contribution >= 4 is 34.6 Å². The number of nitrogens with two attached hydrogens (primary N) is 2. The summed E-state index contributed by atoms with van der Waals surface area (Å²) in [6.45, 7) is 0. The van der Waals surface area contributed by atoms with Gasteiger partial charge in [0.2, 0.25) is 11.7 Å². The molecular formula is C31H34N4O7. The number of ketones is 2. The summed E-state index contributed by atoms with van der Waals surface area (Å²) in [5.74, 6) is -1.99. The van der Waals surface area contributed by atoms with Gasteiger partial charge in [-0.05, 0) is 68.8 Å². The number of nitrogen functional groups attached to an aromatic ring is 1. The van der Waals surface area contributed by atoms with E-state index in [1.165, 1.54) is 0 Å². The number of aliphatic hydroxyl groups excluding tert-OH is 2. The molecule has 0 saturated heterocycles. The molecule has 2 aromatic rings. The maximum atomic E-state index is 14.1. The number of anilines is 2. The zero-order valence-electron chi connectivity index (χ0n) is 23.8. The van der Waals surface area contributed by atoms with Crippen molar-refractivity contribution in [3.63, 3.8) is 0 Å². The van der Waals surface area contributed by atoms with Crippen molar-refractivity contribution < 1.29 is 34.8 Å². The quantitative estimate of drug-likeness (QED) is 0.167. The monoisotopic (exact) mass is 574 g/mol. The van der Waals surface area contributed by atoms with Crippen LogP contribution < -0.4 is 16.4 Å². The summed E-state index contributed by atoms with van der Waals surface area (Å²) in [6, 6.07) is 7.59. The van der Waals surface area contributed by atoms with Gasteiger partial charge in [0.15, 0.2) is 11.4 Å². The molecule has 0 aromatic heterocycles. The summed E-state index contributed by atoms with van der Waals surface area (Å²) < 4.78 is 0.